The van der Waals surface area contributed by atoms with E-state index in [0.29, 0.717) is 21.7 Å². The highest BCUT2D eigenvalue weighted by atomic mass is 16.7. The zero-order chi connectivity index (χ0) is 20.9. The molecule has 10 nitrogen and oxygen atoms in total. The molecule has 4 rings (SSSR count). The molecule has 3 heterocycles. The summed E-state index contributed by atoms with van der Waals surface area (Å²) in [7, 11) is 1.60. The maximum Gasteiger partial charge on any atom is 0.333 e. The van der Waals surface area contributed by atoms with Crippen LogP contribution in [0.15, 0.2) is 33.9 Å². The Morgan fingerprint density at radius 2 is 1.66 bits per heavy atom. The van der Waals surface area contributed by atoms with E-state index in [4.69, 9.17) is 4.84 Å². The van der Waals surface area contributed by atoms with Gasteiger partial charge in [-0.05, 0) is 31.0 Å². The number of benzene rings is 1. The number of hydroxylamine groups is 2. The number of aryl methyl sites for hydroxylation is 2. The Kier molecular flexibility index (Phi) is 4.18. The van der Waals surface area contributed by atoms with Crippen LogP contribution in [0.3, 0.4) is 0 Å². The van der Waals surface area contributed by atoms with E-state index in [-0.39, 0.29) is 35.1 Å². The minimum atomic E-state index is -0.847. The fourth-order valence-electron chi connectivity index (χ4n) is 3.46. The van der Waals surface area contributed by atoms with Crippen molar-refractivity contribution in [2.45, 2.75) is 19.8 Å². The third-order valence-electron chi connectivity index (χ3n) is 4.93. The molecule has 3 aromatic rings. The zero-order valence-electron chi connectivity index (χ0n) is 15.6. The summed E-state index contributed by atoms with van der Waals surface area (Å²) in [6.07, 6.45) is -0.277. The molecule has 0 radical (unpaired) electrons. The summed E-state index contributed by atoms with van der Waals surface area (Å²) in [6, 6.07) is 6.15. The van der Waals surface area contributed by atoms with E-state index >= 15 is 0 Å². The molecule has 0 saturated carbocycles. The van der Waals surface area contributed by atoms with Crippen LogP contribution in [0.5, 0.6) is 0 Å². The molecule has 0 fully saturated rings. The van der Waals surface area contributed by atoms with Gasteiger partial charge in [0.15, 0.2) is 0 Å². The minimum Gasteiger partial charge on any atom is -0.330 e. The lowest BCUT2D eigenvalue weighted by Gasteiger charge is -2.13. The van der Waals surface area contributed by atoms with Gasteiger partial charge in [-0.1, -0.05) is 17.2 Å². The number of rotatable bonds is 4. The molecule has 0 saturated heterocycles. The fourth-order valence-corrected chi connectivity index (χ4v) is 3.46. The van der Waals surface area contributed by atoms with Crippen LogP contribution in [0.2, 0.25) is 0 Å². The second kappa shape index (κ2) is 6.59. The maximum atomic E-state index is 12.4. The first-order chi connectivity index (χ1) is 13.8. The number of amides is 2. The minimum absolute atomic E-state index is 0.0204. The van der Waals surface area contributed by atoms with Crippen LogP contribution < -0.4 is 11.1 Å². The molecule has 1 aliphatic rings. The third kappa shape index (κ3) is 2.85. The van der Waals surface area contributed by atoms with Gasteiger partial charge < -0.3 is 9.82 Å². The summed E-state index contributed by atoms with van der Waals surface area (Å²) in [5.41, 5.74) is 0.601. The molecule has 10 heteroatoms. The van der Waals surface area contributed by atoms with Gasteiger partial charge in [-0.25, -0.2) is 4.79 Å². The van der Waals surface area contributed by atoms with Gasteiger partial charge in [-0.15, -0.1) is 0 Å². The molecule has 148 valence electrons. The standard InChI is InChI=1S/C19H16N4O6/c1-9-10(16(25)20-15-14(9)17(26)21-22(15)2)7-8-13(24)29-23-18(27)11-5-3-4-6-12(11)19(23)28/h3-6H,7-8H2,1-2H3,(H,20,25)(H,21,26). The largest absolute Gasteiger partial charge is 0.333 e. The molecule has 0 atom stereocenters. The van der Waals surface area contributed by atoms with E-state index in [2.05, 4.69) is 10.1 Å². The summed E-state index contributed by atoms with van der Waals surface area (Å²) in [4.78, 5) is 68.7. The monoisotopic (exact) mass is 396 g/mol. The van der Waals surface area contributed by atoms with Crippen molar-refractivity contribution >= 4 is 28.8 Å². The lowest BCUT2D eigenvalue weighted by molar-refractivity contribution is -0.168. The van der Waals surface area contributed by atoms with Crippen molar-refractivity contribution in [1.29, 1.82) is 0 Å². The summed E-state index contributed by atoms with van der Waals surface area (Å²) >= 11 is 0. The molecule has 0 spiro atoms. The summed E-state index contributed by atoms with van der Waals surface area (Å²) in [5, 5.41) is 3.32. The summed E-state index contributed by atoms with van der Waals surface area (Å²) < 4.78 is 1.41. The van der Waals surface area contributed by atoms with Gasteiger partial charge in [0.2, 0.25) is 0 Å². The Balaban J connectivity index is 1.52. The van der Waals surface area contributed by atoms with Crippen molar-refractivity contribution in [3.63, 3.8) is 0 Å². The Morgan fingerprint density at radius 1 is 1.03 bits per heavy atom. The number of nitrogens with zero attached hydrogens (tertiary/aromatic N) is 2. The van der Waals surface area contributed by atoms with Crippen molar-refractivity contribution in [2.75, 3.05) is 0 Å². The van der Waals surface area contributed by atoms with Crippen molar-refractivity contribution in [3.8, 4) is 0 Å². The van der Waals surface area contributed by atoms with Gasteiger partial charge in [0.05, 0.1) is 22.9 Å². The molecule has 1 aliphatic heterocycles. The van der Waals surface area contributed by atoms with Gasteiger partial charge in [0, 0.05) is 12.6 Å². The van der Waals surface area contributed by atoms with Gasteiger partial charge in [-0.2, -0.15) is 0 Å². The normalized spacial score (nSPS) is 13.2. The van der Waals surface area contributed by atoms with E-state index in [9.17, 15) is 24.0 Å². The lowest BCUT2D eigenvalue weighted by Crippen LogP contribution is -2.33. The van der Waals surface area contributed by atoms with Crippen LogP contribution >= 0.6 is 0 Å². The first-order valence-electron chi connectivity index (χ1n) is 8.78. The van der Waals surface area contributed by atoms with Crippen molar-refractivity contribution in [3.05, 3.63) is 67.2 Å². The molecular weight excluding hydrogens is 380 g/mol. The Hall–Kier alpha value is -3.95. The SMILES string of the molecule is Cc1c(CCC(=O)ON2C(=O)c3ccccc3C2=O)c(=O)[nH]c2c1c(=O)[nH]n2C. The highest BCUT2D eigenvalue weighted by Gasteiger charge is 2.38. The number of carbonyl (C=O) groups excluding carboxylic acids is 3. The van der Waals surface area contributed by atoms with Gasteiger partial charge in [-0.3, -0.25) is 29.0 Å². The predicted molar refractivity (Wildman–Crippen MR) is 100 cm³/mol. The van der Waals surface area contributed by atoms with E-state index in [1.807, 2.05) is 0 Å². The van der Waals surface area contributed by atoms with Crippen LogP contribution in [0.4, 0.5) is 0 Å². The Bertz CT molecular complexity index is 1280. The number of imide groups is 1. The first kappa shape index (κ1) is 18.4. The Morgan fingerprint density at radius 3 is 2.28 bits per heavy atom. The third-order valence-corrected chi connectivity index (χ3v) is 4.93. The number of carbonyl (C=O) groups is 3. The second-order valence-corrected chi connectivity index (χ2v) is 6.69. The van der Waals surface area contributed by atoms with Gasteiger partial charge >= 0.3 is 5.97 Å². The van der Waals surface area contributed by atoms with E-state index in [1.165, 1.54) is 16.8 Å². The molecule has 1 aromatic carbocycles. The van der Waals surface area contributed by atoms with Crippen LogP contribution in [-0.2, 0) is 23.1 Å². The smallest absolute Gasteiger partial charge is 0.330 e. The van der Waals surface area contributed by atoms with Crippen LogP contribution in [-0.4, -0.2) is 37.6 Å². The van der Waals surface area contributed by atoms with Crippen molar-refractivity contribution in [2.24, 2.45) is 7.05 Å². The highest BCUT2D eigenvalue weighted by Crippen LogP contribution is 2.23. The number of aromatic amines is 2. The average Bonchev–Trinajstić information content (AvgIpc) is 3.10. The average molecular weight is 396 g/mol. The van der Waals surface area contributed by atoms with E-state index < -0.39 is 23.3 Å². The van der Waals surface area contributed by atoms with Gasteiger partial charge in [0.1, 0.15) is 5.65 Å². The number of fused-ring (bicyclic) bond motifs is 2. The molecule has 2 amide bonds. The topological polar surface area (TPSA) is 134 Å². The Labute approximate surface area is 162 Å². The number of nitrogens with one attached hydrogen (secondary N) is 2. The molecular formula is C19H16N4O6. The van der Waals surface area contributed by atoms with Crippen molar-refractivity contribution in [1.82, 2.24) is 19.8 Å². The predicted octanol–water partition coefficient (Wildman–Crippen LogP) is 0.550. The van der Waals surface area contributed by atoms with Crippen LogP contribution in [0.25, 0.3) is 11.0 Å². The number of hydrogen-bond acceptors (Lipinski definition) is 6. The summed E-state index contributed by atoms with van der Waals surface area (Å²) in [5.74, 6) is -2.28. The fraction of sp³-hybridized carbons (Fsp3) is 0.211. The van der Waals surface area contributed by atoms with E-state index in [1.54, 1.807) is 26.1 Å². The molecule has 2 N–H and O–H groups in total. The zero-order valence-corrected chi connectivity index (χ0v) is 15.6. The molecule has 0 unspecified atom stereocenters. The molecule has 0 bridgehead atoms. The lowest BCUT2D eigenvalue weighted by atomic mass is 10.0. The number of hydrogen-bond donors (Lipinski definition) is 2. The number of aromatic nitrogens is 3. The van der Waals surface area contributed by atoms with Crippen LogP contribution in [0.1, 0.15) is 38.3 Å². The maximum absolute atomic E-state index is 12.4. The van der Waals surface area contributed by atoms with Crippen molar-refractivity contribution < 1.29 is 19.2 Å². The molecule has 0 aliphatic carbocycles. The summed E-state index contributed by atoms with van der Waals surface area (Å²) in [6.45, 7) is 1.62. The highest BCUT2D eigenvalue weighted by molar-refractivity contribution is 6.20. The van der Waals surface area contributed by atoms with Crippen LogP contribution in [0, 0.1) is 6.92 Å². The quantitative estimate of drug-likeness (QED) is 0.619. The molecule has 2 aromatic heterocycles. The first-order valence-corrected chi connectivity index (χ1v) is 8.78. The van der Waals surface area contributed by atoms with Gasteiger partial charge in [0.25, 0.3) is 22.9 Å². The van der Waals surface area contributed by atoms with E-state index in [0.717, 1.165) is 0 Å². The second-order valence-electron chi connectivity index (χ2n) is 6.69. The number of H-pyrrole nitrogens is 2. The number of pyridine rings is 1. The molecule has 29 heavy (non-hydrogen) atoms.